The van der Waals surface area contributed by atoms with Crippen LogP contribution in [0, 0.1) is 0 Å². The van der Waals surface area contributed by atoms with Crippen LogP contribution in [-0.2, 0) is 17.5 Å². The van der Waals surface area contributed by atoms with E-state index in [2.05, 4.69) is 15.6 Å². The van der Waals surface area contributed by atoms with Gasteiger partial charge in [0.2, 0.25) is 5.91 Å². The van der Waals surface area contributed by atoms with Gasteiger partial charge in [0, 0.05) is 24.8 Å². The first kappa shape index (κ1) is 26.3. The van der Waals surface area contributed by atoms with Crippen LogP contribution in [0.2, 0.25) is 0 Å². The number of pyridine rings is 1. The molecule has 37 heavy (non-hydrogen) atoms. The van der Waals surface area contributed by atoms with Crippen LogP contribution in [0.15, 0.2) is 66.9 Å². The van der Waals surface area contributed by atoms with Gasteiger partial charge in [-0.1, -0.05) is 24.3 Å². The van der Waals surface area contributed by atoms with Gasteiger partial charge in [-0.3, -0.25) is 15.0 Å². The fourth-order valence-electron chi connectivity index (χ4n) is 4.18. The number of likely N-dealkylation sites (tertiary alicyclic amines) is 1. The van der Waals surface area contributed by atoms with Crippen molar-refractivity contribution in [2.75, 3.05) is 11.9 Å². The van der Waals surface area contributed by atoms with Crippen LogP contribution in [0.4, 0.5) is 19.0 Å². The number of carbonyl (C=O) groups excluding carboxylic acids is 1. The Morgan fingerprint density at radius 2 is 1.84 bits per heavy atom. The highest BCUT2D eigenvalue weighted by atomic mass is 19.4. The van der Waals surface area contributed by atoms with Crippen LogP contribution in [0.25, 0.3) is 11.1 Å². The molecule has 1 amide bonds. The van der Waals surface area contributed by atoms with E-state index in [0.717, 1.165) is 12.1 Å². The normalized spacial score (nSPS) is 16.9. The third-order valence-corrected chi connectivity index (χ3v) is 6.14. The zero-order chi connectivity index (χ0) is 26.6. The number of carbonyl (C=O) groups is 2. The van der Waals surface area contributed by atoms with Crippen LogP contribution in [-0.4, -0.2) is 50.9 Å². The first-order valence-corrected chi connectivity index (χ1v) is 11.6. The smallest absolute Gasteiger partial charge is 0.416 e. The molecule has 2 aromatic carbocycles. The molecule has 0 spiro atoms. The minimum absolute atomic E-state index is 0.121. The Morgan fingerprint density at radius 3 is 2.49 bits per heavy atom. The van der Waals surface area contributed by atoms with Crippen molar-refractivity contribution in [2.24, 2.45) is 0 Å². The summed E-state index contributed by atoms with van der Waals surface area (Å²) in [6, 6.07) is 13.8. The number of aromatic carboxylic acids is 1. The number of carboxylic acid groups (broad SMARTS) is 1. The molecule has 0 saturated carbocycles. The highest BCUT2D eigenvalue weighted by Gasteiger charge is 2.35. The van der Waals surface area contributed by atoms with Crippen molar-refractivity contribution < 1.29 is 33.0 Å². The van der Waals surface area contributed by atoms with Crippen LogP contribution < -0.4 is 10.6 Å². The molecule has 1 aliphatic rings. The molecule has 4 rings (SSSR count). The highest BCUT2D eigenvalue weighted by Crippen LogP contribution is 2.29. The number of aliphatic hydroxyl groups excluding tert-OH is 1. The summed E-state index contributed by atoms with van der Waals surface area (Å²) in [5.74, 6) is -1.07. The summed E-state index contributed by atoms with van der Waals surface area (Å²) >= 11 is 0. The number of halogens is 3. The molecule has 2 atom stereocenters. The maximum absolute atomic E-state index is 12.9. The number of alkyl halides is 3. The molecule has 1 aromatic heterocycles. The van der Waals surface area contributed by atoms with E-state index in [1.165, 1.54) is 30.5 Å². The molecular formula is C26H25F3N4O4. The molecule has 1 unspecified atom stereocenters. The molecule has 1 saturated heterocycles. The number of carboxylic acids is 1. The van der Waals surface area contributed by atoms with Crippen molar-refractivity contribution in [3.8, 4) is 11.1 Å². The summed E-state index contributed by atoms with van der Waals surface area (Å²) in [6.45, 7) is 0.585. The lowest BCUT2D eigenvalue weighted by Gasteiger charge is -2.29. The first-order valence-electron chi connectivity index (χ1n) is 11.6. The number of anilines is 1. The molecule has 0 radical (unpaired) electrons. The third kappa shape index (κ3) is 6.50. The van der Waals surface area contributed by atoms with Gasteiger partial charge in [0.15, 0.2) is 6.35 Å². The molecule has 0 aliphatic carbocycles. The third-order valence-electron chi connectivity index (χ3n) is 6.14. The van der Waals surface area contributed by atoms with E-state index in [-0.39, 0.29) is 18.0 Å². The van der Waals surface area contributed by atoms with E-state index in [0.29, 0.717) is 41.9 Å². The number of hydrogen-bond acceptors (Lipinski definition) is 6. The summed E-state index contributed by atoms with van der Waals surface area (Å²) in [4.78, 5) is 29.9. The first-order chi connectivity index (χ1) is 17.6. The van der Waals surface area contributed by atoms with E-state index in [1.807, 2.05) is 0 Å². The summed E-state index contributed by atoms with van der Waals surface area (Å²) in [5.41, 5.74) is 1.33. The maximum atomic E-state index is 12.9. The van der Waals surface area contributed by atoms with E-state index < -0.39 is 30.1 Å². The Kier molecular flexibility index (Phi) is 7.86. The van der Waals surface area contributed by atoms with E-state index >= 15 is 0 Å². The van der Waals surface area contributed by atoms with Crippen molar-refractivity contribution in [2.45, 2.75) is 38.0 Å². The number of nitrogens with zero attached hydrogens (tertiary/aromatic N) is 2. The predicted octanol–water partition coefficient (Wildman–Crippen LogP) is 3.93. The second kappa shape index (κ2) is 11.1. The SMILES string of the molecule is O=C(O)c1cccc(-c2ccc(NC(=O)[C@H]3CCCN3C(O)NCc3ccc(C(F)(F)F)cc3)nc2)c1. The van der Waals surface area contributed by atoms with Gasteiger partial charge in [0.25, 0.3) is 0 Å². The Morgan fingerprint density at radius 1 is 1.08 bits per heavy atom. The van der Waals surface area contributed by atoms with E-state index in [9.17, 15) is 27.9 Å². The molecular weight excluding hydrogens is 489 g/mol. The summed E-state index contributed by atoms with van der Waals surface area (Å²) < 4.78 is 38.2. The van der Waals surface area contributed by atoms with Crippen LogP contribution >= 0.6 is 0 Å². The van der Waals surface area contributed by atoms with E-state index in [4.69, 9.17) is 5.11 Å². The topological polar surface area (TPSA) is 115 Å². The van der Waals surface area contributed by atoms with Gasteiger partial charge in [0.05, 0.1) is 17.2 Å². The molecule has 0 bridgehead atoms. The summed E-state index contributed by atoms with van der Waals surface area (Å²) in [7, 11) is 0. The molecule has 194 valence electrons. The standard InChI is InChI=1S/C26H25F3N4O4/c27-26(28,29)20-9-6-16(7-10-20)14-31-25(37)33-12-2-5-21(33)23(34)32-22-11-8-19(15-30-22)17-3-1-4-18(13-17)24(35)36/h1,3-4,6-11,13,15,21,25,31,37H,2,5,12,14H2,(H,35,36)(H,30,32,34)/t21-,25?/m1/s1. The molecule has 8 nitrogen and oxygen atoms in total. The fourth-order valence-corrected chi connectivity index (χ4v) is 4.18. The fraction of sp³-hybridized carbons (Fsp3) is 0.269. The number of aliphatic hydroxyl groups is 1. The zero-order valence-electron chi connectivity index (χ0n) is 19.6. The molecule has 11 heteroatoms. The Bertz CT molecular complexity index is 1250. The minimum Gasteiger partial charge on any atom is -0.478 e. The van der Waals surface area contributed by atoms with Gasteiger partial charge >= 0.3 is 12.1 Å². The van der Waals surface area contributed by atoms with Gasteiger partial charge in [-0.05, 0) is 60.4 Å². The number of benzene rings is 2. The molecule has 1 fully saturated rings. The lowest BCUT2D eigenvalue weighted by molar-refractivity contribution is -0.137. The van der Waals surface area contributed by atoms with Gasteiger partial charge < -0.3 is 15.5 Å². The number of nitrogens with one attached hydrogen (secondary N) is 2. The Balaban J connectivity index is 1.34. The predicted molar refractivity (Wildman–Crippen MR) is 129 cm³/mol. The largest absolute Gasteiger partial charge is 0.478 e. The molecule has 1 aliphatic heterocycles. The number of aromatic nitrogens is 1. The quantitative estimate of drug-likeness (QED) is 0.337. The molecule has 2 heterocycles. The van der Waals surface area contributed by atoms with Gasteiger partial charge in [-0.25, -0.2) is 9.78 Å². The van der Waals surface area contributed by atoms with Crippen molar-refractivity contribution in [3.05, 3.63) is 83.6 Å². The Labute approximate surface area is 210 Å². The average molecular weight is 515 g/mol. The van der Waals surface area contributed by atoms with Crippen molar-refractivity contribution in [1.29, 1.82) is 0 Å². The van der Waals surface area contributed by atoms with Crippen LogP contribution in [0.1, 0.15) is 34.3 Å². The van der Waals surface area contributed by atoms with Crippen LogP contribution in [0.5, 0.6) is 0 Å². The van der Waals surface area contributed by atoms with E-state index in [1.54, 1.807) is 29.2 Å². The Hall–Kier alpha value is -3.80. The summed E-state index contributed by atoms with van der Waals surface area (Å²) in [5, 5.41) is 25.4. The zero-order valence-corrected chi connectivity index (χ0v) is 19.6. The van der Waals surface area contributed by atoms with Crippen molar-refractivity contribution >= 4 is 17.7 Å². The maximum Gasteiger partial charge on any atom is 0.416 e. The summed E-state index contributed by atoms with van der Waals surface area (Å²) in [6.07, 6.45) is -2.85. The average Bonchev–Trinajstić information content (AvgIpc) is 3.38. The lowest BCUT2D eigenvalue weighted by Crippen LogP contribution is -2.51. The van der Waals surface area contributed by atoms with Crippen LogP contribution in [0.3, 0.4) is 0 Å². The van der Waals surface area contributed by atoms with Crippen molar-refractivity contribution in [3.63, 3.8) is 0 Å². The minimum atomic E-state index is -4.41. The number of amides is 1. The monoisotopic (exact) mass is 514 g/mol. The molecule has 3 aromatic rings. The number of rotatable bonds is 8. The lowest BCUT2D eigenvalue weighted by atomic mass is 10.0. The second-order valence-electron chi connectivity index (χ2n) is 8.65. The van der Waals surface area contributed by atoms with Gasteiger partial charge in [-0.2, -0.15) is 13.2 Å². The van der Waals surface area contributed by atoms with Crippen molar-refractivity contribution in [1.82, 2.24) is 15.2 Å². The molecule has 4 N–H and O–H groups in total. The second-order valence-corrected chi connectivity index (χ2v) is 8.65. The van der Waals surface area contributed by atoms with Gasteiger partial charge in [0.1, 0.15) is 5.82 Å². The number of hydrogen-bond donors (Lipinski definition) is 4. The van der Waals surface area contributed by atoms with Gasteiger partial charge in [-0.15, -0.1) is 0 Å². The highest BCUT2D eigenvalue weighted by molar-refractivity contribution is 5.94.